The molecule has 1 atom stereocenters. The zero-order chi connectivity index (χ0) is 22.7. The molecule has 31 heavy (non-hydrogen) atoms. The second-order valence-electron chi connectivity index (χ2n) is 7.27. The van der Waals surface area contributed by atoms with Gasteiger partial charge in [0.1, 0.15) is 5.75 Å². The minimum atomic E-state index is -0.489. The van der Waals surface area contributed by atoms with Crippen molar-refractivity contribution in [1.29, 1.82) is 0 Å². The molecule has 1 amide bonds. The molecule has 2 N–H and O–H groups in total. The second kappa shape index (κ2) is 9.26. The van der Waals surface area contributed by atoms with Crippen molar-refractivity contribution in [3.63, 3.8) is 0 Å². The van der Waals surface area contributed by atoms with Crippen LogP contribution in [0.5, 0.6) is 17.2 Å². The average molecular weight is 442 g/mol. The first kappa shape index (κ1) is 22.4. The Labute approximate surface area is 187 Å². The van der Waals surface area contributed by atoms with Gasteiger partial charge in [0, 0.05) is 25.5 Å². The molecule has 0 saturated heterocycles. The van der Waals surface area contributed by atoms with Crippen molar-refractivity contribution in [2.75, 3.05) is 32.7 Å². The minimum Gasteiger partial charge on any atom is -0.504 e. The van der Waals surface area contributed by atoms with Gasteiger partial charge in [-0.25, -0.2) is 0 Å². The van der Waals surface area contributed by atoms with E-state index in [-0.39, 0.29) is 11.7 Å². The quantitative estimate of drug-likeness (QED) is 0.664. The summed E-state index contributed by atoms with van der Waals surface area (Å²) in [6.45, 7) is 4.14. The van der Waals surface area contributed by atoms with Crippen LogP contribution in [-0.4, -0.2) is 48.8 Å². The second-order valence-corrected chi connectivity index (χ2v) is 7.66. The number of rotatable bonds is 6. The van der Waals surface area contributed by atoms with Crippen LogP contribution in [0.3, 0.4) is 0 Å². The summed E-state index contributed by atoms with van der Waals surface area (Å²) < 4.78 is 10.8. The van der Waals surface area contributed by atoms with Crippen molar-refractivity contribution in [2.45, 2.75) is 19.9 Å². The Hall–Kier alpha value is -3.26. The van der Waals surface area contributed by atoms with Crippen LogP contribution in [0.2, 0.25) is 0 Å². The molecule has 1 aliphatic heterocycles. The Morgan fingerprint density at radius 2 is 1.90 bits per heavy atom. The van der Waals surface area contributed by atoms with E-state index >= 15 is 0 Å². The third-order valence-corrected chi connectivity index (χ3v) is 5.37. The molecule has 0 saturated carbocycles. The standard InChI is InChI=1S/C23H27N3O4S/c1-6-30-19-13-15(7-12-18(19)27)21-20(22(28)25(3)4)14(2)26(23(31)24-21)16-8-10-17(29-5)11-9-16/h7-13,21,27H,6H2,1-5H3,(H,24,31). The summed E-state index contributed by atoms with van der Waals surface area (Å²) in [6, 6.07) is 12.0. The fourth-order valence-electron chi connectivity index (χ4n) is 3.53. The number of allylic oxidation sites excluding steroid dienone is 1. The summed E-state index contributed by atoms with van der Waals surface area (Å²) in [6.07, 6.45) is 0. The molecule has 8 heteroatoms. The summed E-state index contributed by atoms with van der Waals surface area (Å²) in [5.41, 5.74) is 2.87. The van der Waals surface area contributed by atoms with Crippen LogP contribution < -0.4 is 19.7 Å². The van der Waals surface area contributed by atoms with Gasteiger partial charge in [-0.15, -0.1) is 0 Å². The van der Waals surface area contributed by atoms with Gasteiger partial charge in [-0.2, -0.15) is 0 Å². The molecule has 0 radical (unpaired) electrons. The lowest BCUT2D eigenvalue weighted by atomic mass is 9.93. The number of carbonyl (C=O) groups excluding carboxylic acids is 1. The number of hydrogen-bond donors (Lipinski definition) is 2. The van der Waals surface area contributed by atoms with Gasteiger partial charge in [-0.3, -0.25) is 9.69 Å². The van der Waals surface area contributed by atoms with Gasteiger partial charge >= 0.3 is 0 Å². The van der Waals surface area contributed by atoms with E-state index in [0.29, 0.717) is 23.0 Å². The molecule has 1 heterocycles. The minimum absolute atomic E-state index is 0.0463. The summed E-state index contributed by atoms with van der Waals surface area (Å²) >= 11 is 5.68. The first-order chi connectivity index (χ1) is 14.8. The van der Waals surface area contributed by atoms with Crippen molar-refractivity contribution in [2.24, 2.45) is 0 Å². The predicted octanol–water partition coefficient (Wildman–Crippen LogP) is 3.60. The summed E-state index contributed by atoms with van der Waals surface area (Å²) in [5, 5.41) is 13.9. The number of thiocarbonyl (C=S) groups is 1. The van der Waals surface area contributed by atoms with Crippen molar-refractivity contribution in [1.82, 2.24) is 10.2 Å². The largest absolute Gasteiger partial charge is 0.504 e. The lowest BCUT2D eigenvalue weighted by molar-refractivity contribution is -0.125. The highest BCUT2D eigenvalue weighted by atomic mass is 32.1. The third kappa shape index (κ3) is 4.44. The predicted molar refractivity (Wildman–Crippen MR) is 125 cm³/mol. The molecule has 7 nitrogen and oxygen atoms in total. The Kier molecular flexibility index (Phi) is 6.70. The zero-order valence-electron chi connectivity index (χ0n) is 18.3. The summed E-state index contributed by atoms with van der Waals surface area (Å²) in [7, 11) is 5.04. The van der Waals surface area contributed by atoms with E-state index in [2.05, 4.69) is 5.32 Å². The monoisotopic (exact) mass is 441 g/mol. The summed E-state index contributed by atoms with van der Waals surface area (Å²) in [5.74, 6) is 1.00. The number of carbonyl (C=O) groups is 1. The SMILES string of the molecule is CCOc1cc(C2NC(=S)N(c3ccc(OC)cc3)C(C)=C2C(=O)N(C)C)ccc1O. The first-order valence-corrected chi connectivity index (χ1v) is 10.3. The van der Waals surface area contributed by atoms with Gasteiger partial charge in [0.05, 0.1) is 25.3 Å². The highest BCUT2D eigenvalue weighted by Gasteiger charge is 2.35. The molecule has 2 aromatic rings. The number of benzene rings is 2. The van der Waals surface area contributed by atoms with E-state index in [1.165, 1.54) is 4.90 Å². The Morgan fingerprint density at radius 1 is 1.23 bits per heavy atom. The number of hydrogen-bond acceptors (Lipinski definition) is 5. The Balaban J connectivity index is 2.13. The maximum absolute atomic E-state index is 13.2. The van der Waals surface area contributed by atoms with Crippen LogP contribution in [-0.2, 0) is 4.79 Å². The first-order valence-electron chi connectivity index (χ1n) is 9.91. The lowest BCUT2D eigenvalue weighted by Crippen LogP contribution is -2.49. The molecule has 0 spiro atoms. The van der Waals surface area contributed by atoms with Crippen molar-refractivity contribution < 1.29 is 19.4 Å². The van der Waals surface area contributed by atoms with E-state index in [0.717, 1.165) is 22.7 Å². The molecule has 1 aliphatic rings. The van der Waals surface area contributed by atoms with E-state index in [1.807, 2.05) is 43.0 Å². The lowest BCUT2D eigenvalue weighted by Gasteiger charge is -2.38. The molecular formula is C23H27N3O4S. The molecule has 2 aromatic carbocycles. The molecule has 3 rings (SSSR count). The van der Waals surface area contributed by atoms with Gasteiger partial charge < -0.3 is 24.8 Å². The normalized spacial score (nSPS) is 16.1. The zero-order valence-corrected chi connectivity index (χ0v) is 19.1. The number of methoxy groups -OCH3 is 1. The fraction of sp³-hybridized carbons (Fsp3) is 0.304. The van der Waals surface area contributed by atoms with Crippen LogP contribution in [0.1, 0.15) is 25.5 Å². The molecule has 0 aromatic heterocycles. The topological polar surface area (TPSA) is 74.3 Å². The smallest absolute Gasteiger partial charge is 0.253 e. The number of ether oxygens (including phenoxy) is 2. The third-order valence-electron chi connectivity index (χ3n) is 5.07. The van der Waals surface area contributed by atoms with E-state index in [4.69, 9.17) is 21.7 Å². The van der Waals surface area contributed by atoms with Crippen LogP contribution in [0, 0.1) is 0 Å². The van der Waals surface area contributed by atoms with Crippen molar-refractivity contribution >= 4 is 28.9 Å². The number of phenols is 1. The maximum Gasteiger partial charge on any atom is 0.253 e. The van der Waals surface area contributed by atoms with Crippen molar-refractivity contribution in [3.05, 3.63) is 59.3 Å². The fourth-order valence-corrected chi connectivity index (χ4v) is 3.89. The number of anilines is 1. The van der Waals surface area contributed by atoms with Gasteiger partial charge in [-0.1, -0.05) is 6.07 Å². The van der Waals surface area contributed by atoms with Crippen molar-refractivity contribution in [3.8, 4) is 17.2 Å². The molecule has 0 bridgehead atoms. The van der Waals surface area contributed by atoms with Crippen LogP contribution in [0.15, 0.2) is 53.7 Å². The van der Waals surface area contributed by atoms with Crippen LogP contribution in [0.25, 0.3) is 0 Å². The molecule has 0 fully saturated rings. The van der Waals surface area contributed by atoms with E-state index in [1.54, 1.807) is 39.4 Å². The van der Waals surface area contributed by atoms with E-state index in [9.17, 15) is 9.90 Å². The Bertz CT molecular complexity index is 1020. The molecule has 164 valence electrons. The number of phenolic OH excluding ortho intramolecular Hbond substituents is 1. The van der Waals surface area contributed by atoms with Gasteiger partial charge in [0.25, 0.3) is 5.91 Å². The average Bonchev–Trinajstić information content (AvgIpc) is 2.75. The Morgan fingerprint density at radius 3 is 2.48 bits per heavy atom. The number of nitrogens with one attached hydrogen (secondary N) is 1. The highest BCUT2D eigenvalue weighted by Crippen LogP contribution is 2.37. The number of nitrogens with zero attached hydrogens (tertiary/aromatic N) is 2. The summed E-state index contributed by atoms with van der Waals surface area (Å²) in [4.78, 5) is 16.6. The number of aromatic hydroxyl groups is 1. The van der Waals surface area contributed by atoms with E-state index < -0.39 is 6.04 Å². The molecule has 0 aliphatic carbocycles. The van der Waals surface area contributed by atoms with Gasteiger partial charge in [-0.05, 0) is 68.0 Å². The maximum atomic E-state index is 13.2. The highest BCUT2D eigenvalue weighted by molar-refractivity contribution is 7.80. The van der Waals surface area contributed by atoms with Gasteiger partial charge in [0.15, 0.2) is 16.6 Å². The van der Waals surface area contributed by atoms with Gasteiger partial charge in [0.2, 0.25) is 0 Å². The number of amides is 1. The molecule has 1 unspecified atom stereocenters. The van der Waals surface area contributed by atoms with Crippen LogP contribution >= 0.6 is 12.2 Å². The van der Waals surface area contributed by atoms with Crippen LogP contribution in [0.4, 0.5) is 5.69 Å². The molecular weight excluding hydrogens is 414 g/mol. The number of likely N-dealkylation sites (N-methyl/N-ethyl adjacent to an activating group) is 1.